The molecule has 0 aliphatic carbocycles. The summed E-state index contributed by atoms with van der Waals surface area (Å²) in [5, 5.41) is 0. The third-order valence-electron chi connectivity index (χ3n) is 2.07. The SMILES string of the molecule is Cc1ccc(F)cc1[C@@H](N)CC(F)F. The molecule has 0 saturated carbocycles. The van der Waals surface area contributed by atoms with Gasteiger partial charge < -0.3 is 5.73 Å². The van der Waals surface area contributed by atoms with E-state index < -0.39 is 24.7 Å². The Kier molecular flexibility index (Phi) is 3.52. The van der Waals surface area contributed by atoms with Gasteiger partial charge in [-0.05, 0) is 30.2 Å². The van der Waals surface area contributed by atoms with E-state index in [1.54, 1.807) is 6.92 Å². The fourth-order valence-corrected chi connectivity index (χ4v) is 1.33. The summed E-state index contributed by atoms with van der Waals surface area (Å²) in [5.74, 6) is -0.449. The minimum Gasteiger partial charge on any atom is -0.324 e. The molecule has 0 spiro atoms. The molecule has 4 heteroatoms. The molecule has 1 atom stereocenters. The third-order valence-corrected chi connectivity index (χ3v) is 2.07. The highest BCUT2D eigenvalue weighted by molar-refractivity contribution is 5.29. The molecule has 78 valence electrons. The molecule has 2 N–H and O–H groups in total. The Morgan fingerprint density at radius 1 is 1.36 bits per heavy atom. The maximum absolute atomic E-state index is 12.8. The standard InChI is InChI=1S/C10H12F3N/c1-6-2-3-7(11)4-8(6)9(14)5-10(12)13/h2-4,9-10H,5,14H2,1H3/t9-/m0/s1. The molecule has 0 radical (unpaired) electrons. The zero-order valence-corrected chi connectivity index (χ0v) is 7.81. The summed E-state index contributed by atoms with van der Waals surface area (Å²) in [6, 6.07) is 3.23. The van der Waals surface area contributed by atoms with Crippen LogP contribution >= 0.6 is 0 Å². The molecule has 0 unspecified atom stereocenters. The molecule has 0 amide bonds. The van der Waals surface area contributed by atoms with Gasteiger partial charge in [-0.25, -0.2) is 13.2 Å². The Morgan fingerprint density at radius 3 is 2.57 bits per heavy atom. The van der Waals surface area contributed by atoms with E-state index in [0.717, 1.165) is 5.56 Å². The smallest absolute Gasteiger partial charge is 0.240 e. The number of hydrogen-bond acceptors (Lipinski definition) is 1. The Morgan fingerprint density at radius 2 is 2.00 bits per heavy atom. The number of hydrogen-bond donors (Lipinski definition) is 1. The first-order valence-corrected chi connectivity index (χ1v) is 4.30. The van der Waals surface area contributed by atoms with Crippen LogP contribution in [0.4, 0.5) is 13.2 Å². The largest absolute Gasteiger partial charge is 0.324 e. The van der Waals surface area contributed by atoms with E-state index in [9.17, 15) is 13.2 Å². The van der Waals surface area contributed by atoms with E-state index >= 15 is 0 Å². The fourth-order valence-electron chi connectivity index (χ4n) is 1.33. The van der Waals surface area contributed by atoms with E-state index in [1.807, 2.05) is 0 Å². The number of nitrogens with two attached hydrogens (primary N) is 1. The Bertz CT molecular complexity index is 312. The third kappa shape index (κ3) is 2.73. The van der Waals surface area contributed by atoms with E-state index in [4.69, 9.17) is 5.73 Å². The second kappa shape index (κ2) is 4.46. The average Bonchev–Trinajstić information content (AvgIpc) is 2.08. The molecule has 0 heterocycles. The summed E-state index contributed by atoms with van der Waals surface area (Å²) in [4.78, 5) is 0. The molecule has 1 aromatic rings. The zero-order chi connectivity index (χ0) is 10.7. The van der Waals surface area contributed by atoms with Crippen molar-refractivity contribution in [3.63, 3.8) is 0 Å². The molecule has 1 rings (SSSR count). The van der Waals surface area contributed by atoms with Crippen LogP contribution in [0.25, 0.3) is 0 Å². The summed E-state index contributed by atoms with van der Waals surface area (Å²) in [6.45, 7) is 1.72. The second-order valence-corrected chi connectivity index (χ2v) is 3.23. The van der Waals surface area contributed by atoms with Crippen LogP contribution in [0, 0.1) is 12.7 Å². The van der Waals surface area contributed by atoms with Crippen LogP contribution in [0.15, 0.2) is 18.2 Å². The lowest BCUT2D eigenvalue weighted by atomic mass is 9.99. The van der Waals surface area contributed by atoms with Crippen LogP contribution in [-0.2, 0) is 0 Å². The van der Waals surface area contributed by atoms with Crippen molar-refractivity contribution in [2.24, 2.45) is 5.73 Å². The first kappa shape index (κ1) is 11.0. The van der Waals surface area contributed by atoms with Crippen molar-refractivity contribution in [1.82, 2.24) is 0 Å². The highest BCUT2D eigenvalue weighted by atomic mass is 19.3. The van der Waals surface area contributed by atoms with Gasteiger partial charge in [0.2, 0.25) is 6.43 Å². The van der Waals surface area contributed by atoms with E-state index in [2.05, 4.69) is 0 Å². The Balaban J connectivity index is 2.88. The van der Waals surface area contributed by atoms with Crippen LogP contribution in [0.2, 0.25) is 0 Å². The molecule has 0 fully saturated rings. The van der Waals surface area contributed by atoms with Crippen LogP contribution in [0.1, 0.15) is 23.6 Å². The normalized spacial score (nSPS) is 13.3. The lowest BCUT2D eigenvalue weighted by molar-refractivity contribution is 0.128. The van der Waals surface area contributed by atoms with Gasteiger partial charge >= 0.3 is 0 Å². The first-order valence-electron chi connectivity index (χ1n) is 4.30. The van der Waals surface area contributed by atoms with Gasteiger partial charge in [0, 0.05) is 12.5 Å². The van der Waals surface area contributed by atoms with Gasteiger partial charge in [-0.1, -0.05) is 6.07 Å². The number of aryl methyl sites for hydroxylation is 1. The van der Waals surface area contributed by atoms with Crippen molar-refractivity contribution >= 4 is 0 Å². The molecule has 14 heavy (non-hydrogen) atoms. The summed E-state index contributed by atoms with van der Waals surface area (Å²) in [5.41, 5.74) is 6.70. The number of rotatable bonds is 3. The molecular formula is C10H12F3N. The maximum Gasteiger partial charge on any atom is 0.240 e. The van der Waals surface area contributed by atoms with Gasteiger partial charge in [0.25, 0.3) is 0 Å². The second-order valence-electron chi connectivity index (χ2n) is 3.23. The lowest BCUT2D eigenvalue weighted by Gasteiger charge is -2.14. The van der Waals surface area contributed by atoms with Crippen LogP contribution in [-0.4, -0.2) is 6.43 Å². The van der Waals surface area contributed by atoms with Crippen molar-refractivity contribution < 1.29 is 13.2 Å². The molecule has 0 aromatic heterocycles. The van der Waals surface area contributed by atoms with Crippen molar-refractivity contribution in [3.8, 4) is 0 Å². The molecule has 0 saturated heterocycles. The number of halogens is 3. The molecule has 0 bridgehead atoms. The molecule has 0 aliphatic rings. The van der Waals surface area contributed by atoms with E-state index in [1.165, 1.54) is 18.2 Å². The lowest BCUT2D eigenvalue weighted by Crippen LogP contribution is -2.15. The first-order chi connectivity index (χ1) is 6.50. The van der Waals surface area contributed by atoms with Crippen molar-refractivity contribution in [1.29, 1.82) is 0 Å². The minimum absolute atomic E-state index is 0.440. The highest BCUT2D eigenvalue weighted by Crippen LogP contribution is 2.22. The highest BCUT2D eigenvalue weighted by Gasteiger charge is 2.15. The van der Waals surface area contributed by atoms with Gasteiger partial charge in [-0.15, -0.1) is 0 Å². The summed E-state index contributed by atoms with van der Waals surface area (Å²) >= 11 is 0. The molecule has 1 aromatic carbocycles. The molecule has 1 nitrogen and oxygen atoms in total. The summed E-state index contributed by atoms with van der Waals surface area (Å²) in [7, 11) is 0. The van der Waals surface area contributed by atoms with Crippen molar-refractivity contribution in [3.05, 3.63) is 35.1 Å². The quantitative estimate of drug-likeness (QED) is 0.803. The number of benzene rings is 1. The van der Waals surface area contributed by atoms with Crippen molar-refractivity contribution in [2.45, 2.75) is 25.8 Å². The van der Waals surface area contributed by atoms with E-state index in [0.29, 0.717) is 5.56 Å². The van der Waals surface area contributed by atoms with E-state index in [-0.39, 0.29) is 0 Å². The van der Waals surface area contributed by atoms with Crippen molar-refractivity contribution in [2.75, 3.05) is 0 Å². The number of alkyl halides is 2. The van der Waals surface area contributed by atoms with Crippen LogP contribution in [0.5, 0.6) is 0 Å². The van der Waals surface area contributed by atoms with Gasteiger partial charge in [0.15, 0.2) is 0 Å². The topological polar surface area (TPSA) is 26.0 Å². The van der Waals surface area contributed by atoms with Crippen LogP contribution in [0.3, 0.4) is 0 Å². The van der Waals surface area contributed by atoms with Crippen LogP contribution < -0.4 is 5.73 Å². The van der Waals surface area contributed by atoms with Gasteiger partial charge in [-0.2, -0.15) is 0 Å². The Hall–Kier alpha value is -1.03. The fraction of sp³-hybridized carbons (Fsp3) is 0.400. The summed E-state index contributed by atoms with van der Waals surface area (Å²) in [6.07, 6.45) is -2.91. The summed E-state index contributed by atoms with van der Waals surface area (Å²) < 4.78 is 36.9. The Labute approximate surface area is 80.7 Å². The average molecular weight is 203 g/mol. The minimum atomic E-state index is -2.47. The van der Waals surface area contributed by atoms with Gasteiger partial charge in [-0.3, -0.25) is 0 Å². The molecular weight excluding hydrogens is 191 g/mol. The van der Waals surface area contributed by atoms with Gasteiger partial charge in [0.05, 0.1) is 0 Å². The molecule has 0 aliphatic heterocycles. The predicted octanol–water partition coefficient (Wildman–Crippen LogP) is 2.79. The predicted molar refractivity (Wildman–Crippen MR) is 48.7 cm³/mol. The maximum atomic E-state index is 12.8. The zero-order valence-electron chi connectivity index (χ0n) is 7.81. The van der Waals surface area contributed by atoms with Gasteiger partial charge in [0.1, 0.15) is 5.82 Å². The monoisotopic (exact) mass is 203 g/mol.